The van der Waals surface area contributed by atoms with Gasteiger partial charge in [-0.1, -0.05) is 37.3 Å². The van der Waals surface area contributed by atoms with Crippen LogP contribution in [0.5, 0.6) is 11.5 Å². The first-order chi connectivity index (χ1) is 18.1. The lowest BCUT2D eigenvalue weighted by molar-refractivity contribution is -0.136. The highest BCUT2D eigenvalue weighted by Gasteiger charge is 2.33. The average molecular weight is 543 g/mol. The van der Waals surface area contributed by atoms with Crippen LogP contribution in [-0.2, 0) is 16.0 Å². The fourth-order valence-corrected chi connectivity index (χ4v) is 5.47. The lowest BCUT2D eigenvalue weighted by atomic mass is 9.99. The summed E-state index contributed by atoms with van der Waals surface area (Å²) in [6, 6.07) is 19.2. The quantitative estimate of drug-likeness (QED) is 0.214. The highest BCUT2D eigenvalue weighted by atomic mass is 32.2. The largest absolute Gasteiger partial charge is 0.457 e. The molecule has 9 heteroatoms. The third kappa shape index (κ3) is 6.52. The minimum atomic E-state index is -4.52. The van der Waals surface area contributed by atoms with Crippen LogP contribution in [0, 0.1) is 0 Å². The van der Waals surface area contributed by atoms with E-state index in [-0.39, 0.29) is 16.2 Å². The van der Waals surface area contributed by atoms with Crippen molar-refractivity contribution >= 4 is 20.7 Å². The van der Waals surface area contributed by atoms with Crippen LogP contribution in [0.1, 0.15) is 32.3 Å². The summed E-state index contributed by atoms with van der Waals surface area (Å²) in [6.45, 7) is 4.74. The number of sulfone groups is 1. The lowest BCUT2D eigenvalue weighted by Crippen LogP contribution is -2.27. The lowest BCUT2D eigenvalue weighted by Gasteiger charge is -2.13. The molecular formula is C29H29F3N2O3S. The van der Waals surface area contributed by atoms with Crippen LogP contribution in [0.3, 0.4) is 0 Å². The smallest absolute Gasteiger partial charge is 0.418 e. The SMILES string of the molecule is CC[C@@H](C)NCCCS(=O)(=O)c1cccc(Oc2cccc(-c3ccnc4c(C(F)(F)F)cccc34)c2)c1. The third-order valence-corrected chi connectivity index (χ3v) is 8.12. The molecule has 0 aliphatic heterocycles. The molecule has 200 valence electrons. The number of para-hydroxylation sites is 1. The molecule has 38 heavy (non-hydrogen) atoms. The molecule has 0 aliphatic rings. The van der Waals surface area contributed by atoms with Gasteiger partial charge in [-0.3, -0.25) is 4.98 Å². The van der Waals surface area contributed by atoms with Crippen molar-refractivity contribution < 1.29 is 26.3 Å². The fraction of sp³-hybridized carbons (Fsp3) is 0.276. The molecule has 0 radical (unpaired) electrons. The van der Waals surface area contributed by atoms with Crippen molar-refractivity contribution in [1.82, 2.24) is 10.3 Å². The average Bonchev–Trinajstić information content (AvgIpc) is 2.90. The van der Waals surface area contributed by atoms with E-state index in [0.29, 0.717) is 47.0 Å². The summed E-state index contributed by atoms with van der Waals surface area (Å²) in [6.07, 6.45) is -1.70. The number of hydrogen-bond donors (Lipinski definition) is 1. The fourth-order valence-electron chi connectivity index (χ4n) is 4.12. The van der Waals surface area contributed by atoms with Crippen molar-refractivity contribution in [3.8, 4) is 22.6 Å². The molecule has 1 aromatic heterocycles. The zero-order valence-corrected chi connectivity index (χ0v) is 21.9. The van der Waals surface area contributed by atoms with Crippen LogP contribution in [0.2, 0.25) is 0 Å². The number of pyridine rings is 1. The monoisotopic (exact) mass is 542 g/mol. The normalized spacial score (nSPS) is 13.0. The van der Waals surface area contributed by atoms with Crippen molar-refractivity contribution in [2.75, 3.05) is 12.3 Å². The minimum absolute atomic E-state index is 0.0183. The van der Waals surface area contributed by atoms with E-state index in [9.17, 15) is 21.6 Å². The van der Waals surface area contributed by atoms with Gasteiger partial charge < -0.3 is 10.1 Å². The Morgan fingerprint density at radius 3 is 2.42 bits per heavy atom. The topological polar surface area (TPSA) is 68.3 Å². The van der Waals surface area contributed by atoms with E-state index in [1.165, 1.54) is 18.3 Å². The Morgan fingerprint density at radius 2 is 1.68 bits per heavy atom. The molecule has 4 rings (SSSR count). The van der Waals surface area contributed by atoms with Gasteiger partial charge in [0.25, 0.3) is 0 Å². The molecule has 3 aromatic carbocycles. The Bertz CT molecular complexity index is 1520. The molecule has 0 saturated carbocycles. The summed E-state index contributed by atoms with van der Waals surface area (Å²) < 4.78 is 72.2. The summed E-state index contributed by atoms with van der Waals surface area (Å²) in [5.41, 5.74) is 0.305. The predicted octanol–water partition coefficient (Wildman–Crippen LogP) is 7.26. The van der Waals surface area contributed by atoms with E-state index in [1.54, 1.807) is 54.6 Å². The van der Waals surface area contributed by atoms with E-state index in [0.717, 1.165) is 12.5 Å². The Hall–Kier alpha value is -3.43. The Morgan fingerprint density at radius 1 is 0.974 bits per heavy atom. The maximum Gasteiger partial charge on any atom is 0.418 e. The van der Waals surface area contributed by atoms with Gasteiger partial charge in [0.1, 0.15) is 11.5 Å². The standard InChI is InChI=1S/C29H29F3N2O3S/c1-3-20(2)33-15-7-17-38(35,36)24-11-5-10-23(19-24)37-22-9-4-8-21(18-22)25-14-16-34-28-26(25)12-6-13-27(28)29(30,31)32/h4-6,8-14,16,18-20,33H,3,7,15,17H2,1-2H3/t20-/m1/s1. The van der Waals surface area contributed by atoms with Crippen molar-refractivity contribution in [2.45, 2.75) is 43.8 Å². The van der Waals surface area contributed by atoms with Crippen LogP contribution in [0.4, 0.5) is 13.2 Å². The van der Waals surface area contributed by atoms with Gasteiger partial charge in [0, 0.05) is 17.6 Å². The van der Waals surface area contributed by atoms with Gasteiger partial charge in [0.15, 0.2) is 9.84 Å². The number of nitrogens with zero attached hydrogens (tertiary/aromatic N) is 1. The van der Waals surface area contributed by atoms with Gasteiger partial charge in [-0.25, -0.2) is 8.42 Å². The van der Waals surface area contributed by atoms with Crippen LogP contribution >= 0.6 is 0 Å². The van der Waals surface area contributed by atoms with E-state index in [1.807, 2.05) is 0 Å². The Labute approximate surface area is 220 Å². The van der Waals surface area contributed by atoms with Crippen molar-refractivity contribution in [1.29, 1.82) is 0 Å². The van der Waals surface area contributed by atoms with Crippen LogP contribution in [0.15, 0.2) is 83.9 Å². The molecule has 4 aromatic rings. The number of benzene rings is 3. The van der Waals surface area contributed by atoms with Gasteiger partial charge in [-0.05, 0) is 79.9 Å². The van der Waals surface area contributed by atoms with Gasteiger partial charge in [0.05, 0.1) is 21.7 Å². The first-order valence-electron chi connectivity index (χ1n) is 12.4. The van der Waals surface area contributed by atoms with Crippen molar-refractivity contribution in [3.63, 3.8) is 0 Å². The molecule has 1 atom stereocenters. The minimum Gasteiger partial charge on any atom is -0.457 e. The van der Waals surface area contributed by atoms with E-state index in [4.69, 9.17) is 4.74 Å². The summed E-state index contributed by atoms with van der Waals surface area (Å²) in [5, 5.41) is 3.66. The molecule has 0 unspecified atom stereocenters. The number of halogens is 3. The summed E-state index contributed by atoms with van der Waals surface area (Å²) in [7, 11) is -3.49. The Kier molecular flexibility index (Phi) is 8.38. The molecule has 1 N–H and O–H groups in total. The maximum atomic E-state index is 13.5. The molecule has 0 spiro atoms. The number of rotatable bonds is 10. The zero-order valence-electron chi connectivity index (χ0n) is 21.1. The van der Waals surface area contributed by atoms with Crippen LogP contribution in [0.25, 0.3) is 22.0 Å². The molecule has 1 heterocycles. The van der Waals surface area contributed by atoms with Crippen molar-refractivity contribution in [2.24, 2.45) is 0 Å². The molecule has 5 nitrogen and oxygen atoms in total. The molecule has 0 fully saturated rings. The number of nitrogens with one attached hydrogen (secondary N) is 1. The molecular weight excluding hydrogens is 513 g/mol. The highest BCUT2D eigenvalue weighted by molar-refractivity contribution is 7.91. The predicted molar refractivity (Wildman–Crippen MR) is 143 cm³/mol. The zero-order chi connectivity index (χ0) is 27.3. The molecule has 0 aliphatic carbocycles. The second-order valence-electron chi connectivity index (χ2n) is 9.10. The third-order valence-electron chi connectivity index (χ3n) is 6.32. The number of fused-ring (bicyclic) bond motifs is 1. The van der Waals surface area contributed by atoms with E-state index in [2.05, 4.69) is 24.1 Å². The van der Waals surface area contributed by atoms with Gasteiger partial charge in [-0.2, -0.15) is 13.2 Å². The van der Waals surface area contributed by atoms with Gasteiger partial charge >= 0.3 is 6.18 Å². The second kappa shape index (κ2) is 11.5. The number of alkyl halides is 3. The van der Waals surface area contributed by atoms with E-state index < -0.39 is 21.6 Å². The summed E-state index contributed by atoms with van der Waals surface area (Å²) >= 11 is 0. The first-order valence-corrected chi connectivity index (χ1v) is 14.0. The van der Waals surface area contributed by atoms with Crippen molar-refractivity contribution in [3.05, 3.63) is 84.6 Å². The summed E-state index contributed by atoms with van der Waals surface area (Å²) in [5.74, 6) is 0.788. The van der Waals surface area contributed by atoms with Crippen LogP contribution < -0.4 is 10.1 Å². The van der Waals surface area contributed by atoms with Gasteiger partial charge in [-0.15, -0.1) is 0 Å². The number of aromatic nitrogens is 1. The second-order valence-corrected chi connectivity index (χ2v) is 11.2. The molecule has 0 saturated heterocycles. The van der Waals surface area contributed by atoms with E-state index >= 15 is 0 Å². The highest BCUT2D eigenvalue weighted by Crippen LogP contribution is 2.37. The first kappa shape index (κ1) is 27.6. The van der Waals surface area contributed by atoms with Crippen LogP contribution in [-0.4, -0.2) is 31.7 Å². The maximum absolute atomic E-state index is 13.5. The van der Waals surface area contributed by atoms with Gasteiger partial charge in [0.2, 0.25) is 0 Å². The molecule has 0 amide bonds. The number of ether oxygens (including phenoxy) is 1. The molecule has 0 bridgehead atoms. The summed E-state index contributed by atoms with van der Waals surface area (Å²) in [4.78, 5) is 4.16. The Balaban J connectivity index is 1.56. The number of hydrogen-bond acceptors (Lipinski definition) is 5.